The predicted molar refractivity (Wildman–Crippen MR) is 73.6 cm³/mol. The molecule has 0 heterocycles. The first-order chi connectivity index (χ1) is 9.15. The quantitative estimate of drug-likeness (QED) is 0.423. The molecule has 0 aliphatic rings. The van der Waals surface area contributed by atoms with Crippen LogP contribution in [0.15, 0.2) is 18.2 Å². The second-order valence-corrected chi connectivity index (χ2v) is 4.14. The van der Waals surface area contributed by atoms with E-state index in [1.165, 1.54) is 6.07 Å². The van der Waals surface area contributed by atoms with Gasteiger partial charge in [-0.3, -0.25) is 10.1 Å². The predicted octanol–water partition coefficient (Wildman–Crippen LogP) is 2.37. The van der Waals surface area contributed by atoms with E-state index in [0.717, 1.165) is 24.2 Å². The molecule has 0 aliphatic carbocycles. The zero-order valence-corrected chi connectivity index (χ0v) is 11.3. The Bertz CT molecular complexity index is 410. The molecule has 106 valence electrons. The molecule has 0 bridgehead atoms. The van der Waals surface area contributed by atoms with Crippen molar-refractivity contribution in [3.8, 4) is 0 Å². The number of nitro groups is 1. The van der Waals surface area contributed by atoms with Gasteiger partial charge in [0.05, 0.1) is 18.1 Å². The van der Waals surface area contributed by atoms with Crippen LogP contribution in [0.5, 0.6) is 0 Å². The van der Waals surface area contributed by atoms with Crippen LogP contribution in [-0.4, -0.2) is 38.4 Å². The van der Waals surface area contributed by atoms with Gasteiger partial charge in [0.15, 0.2) is 0 Å². The van der Waals surface area contributed by atoms with Gasteiger partial charge in [0.2, 0.25) is 0 Å². The highest BCUT2D eigenvalue weighted by Crippen LogP contribution is 2.21. The van der Waals surface area contributed by atoms with E-state index in [1.807, 2.05) is 6.92 Å². The highest BCUT2D eigenvalue weighted by molar-refractivity contribution is 5.56. The number of non-ortho nitro benzene ring substituents is 1. The fourth-order valence-electron chi connectivity index (χ4n) is 1.56. The number of hydrogen-bond acceptors (Lipinski definition) is 5. The molecule has 0 atom stereocenters. The van der Waals surface area contributed by atoms with Crippen molar-refractivity contribution in [2.24, 2.45) is 0 Å². The van der Waals surface area contributed by atoms with Gasteiger partial charge in [0, 0.05) is 38.1 Å². The van der Waals surface area contributed by atoms with E-state index >= 15 is 0 Å². The van der Waals surface area contributed by atoms with Gasteiger partial charge >= 0.3 is 0 Å². The molecule has 0 aromatic heterocycles. The van der Waals surface area contributed by atoms with E-state index in [0.29, 0.717) is 19.8 Å². The van der Waals surface area contributed by atoms with Crippen molar-refractivity contribution in [1.82, 2.24) is 0 Å². The Labute approximate surface area is 112 Å². The maximum atomic E-state index is 10.7. The first kappa shape index (κ1) is 15.4. The van der Waals surface area contributed by atoms with Crippen molar-refractivity contribution >= 4 is 11.4 Å². The molecule has 0 amide bonds. The van der Waals surface area contributed by atoms with E-state index in [4.69, 9.17) is 9.47 Å². The molecule has 0 fully saturated rings. The minimum atomic E-state index is -0.390. The lowest BCUT2D eigenvalue weighted by atomic mass is 10.2. The molecule has 0 unspecified atom stereocenters. The normalized spacial score (nSPS) is 10.4. The molecule has 0 saturated carbocycles. The van der Waals surface area contributed by atoms with Gasteiger partial charge < -0.3 is 14.8 Å². The number of nitro benzene ring substituents is 1. The number of ether oxygens (including phenoxy) is 2. The molecule has 0 aliphatic heterocycles. The first-order valence-electron chi connectivity index (χ1n) is 6.20. The van der Waals surface area contributed by atoms with Gasteiger partial charge in [0.1, 0.15) is 0 Å². The zero-order chi connectivity index (χ0) is 14.1. The molecule has 6 nitrogen and oxygen atoms in total. The largest absolute Gasteiger partial charge is 0.385 e. The lowest BCUT2D eigenvalue weighted by Gasteiger charge is -2.09. The first-order valence-corrected chi connectivity index (χ1v) is 6.20. The van der Waals surface area contributed by atoms with Crippen molar-refractivity contribution in [2.45, 2.75) is 13.3 Å². The maximum Gasteiger partial charge on any atom is 0.271 e. The summed E-state index contributed by atoms with van der Waals surface area (Å²) in [7, 11) is 1.63. The van der Waals surface area contributed by atoms with Crippen LogP contribution in [-0.2, 0) is 9.47 Å². The van der Waals surface area contributed by atoms with Crippen LogP contribution >= 0.6 is 0 Å². The summed E-state index contributed by atoms with van der Waals surface area (Å²) in [5.74, 6) is 0. The van der Waals surface area contributed by atoms with Crippen LogP contribution in [0.25, 0.3) is 0 Å². The van der Waals surface area contributed by atoms with Crippen LogP contribution in [0, 0.1) is 17.0 Å². The summed E-state index contributed by atoms with van der Waals surface area (Å²) in [6.45, 7) is 4.46. The Kier molecular flexibility index (Phi) is 6.84. The lowest BCUT2D eigenvalue weighted by Crippen LogP contribution is -2.09. The van der Waals surface area contributed by atoms with Gasteiger partial charge in [-0.05, 0) is 18.9 Å². The van der Waals surface area contributed by atoms with Crippen LogP contribution < -0.4 is 5.32 Å². The van der Waals surface area contributed by atoms with Crippen molar-refractivity contribution in [3.63, 3.8) is 0 Å². The second kappa shape index (κ2) is 8.44. The molecule has 0 saturated heterocycles. The summed E-state index contributed by atoms with van der Waals surface area (Å²) < 4.78 is 10.2. The average molecular weight is 268 g/mol. The Hall–Kier alpha value is -1.66. The number of nitrogens with one attached hydrogen (secondary N) is 1. The molecule has 0 spiro atoms. The number of methoxy groups -OCH3 is 1. The Morgan fingerprint density at radius 3 is 2.79 bits per heavy atom. The van der Waals surface area contributed by atoms with Crippen molar-refractivity contribution in [2.75, 3.05) is 38.8 Å². The summed E-state index contributed by atoms with van der Waals surface area (Å²) in [6, 6.07) is 4.81. The summed E-state index contributed by atoms with van der Waals surface area (Å²) in [5.41, 5.74) is 1.89. The second-order valence-electron chi connectivity index (χ2n) is 4.14. The highest BCUT2D eigenvalue weighted by Gasteiger charge is 2.07. The zero-order valence-electron chi connectivity index (χ0n) is 11.3. The molecule has 1 N–H and O–H groups in total. The average Bonchev–Trinajstić information content (AvgIpc) is 2.39. The van der Waals surface area contributed by atoms with Gasteiger partial charge in [-0.1, -0.05) is 6.07 Å². The minimum absolute atomic E-state index is 0.101. The van der Waals surface area contributed by atoms with E-state index in [1.54, 1.807) is 19.2 Å². The van der Waals surface area contributed by atoms with Crippen molar-refractivity contribution in [3.05, 3.63) is 33.9 Å². The summed E-state index contributed by atoms with van der Waals surface area (Å²) in [4.78, 5) is 10.3. The fraction of sp³-hybridized carbons (Fsp3) is 0.538. The van der Waals surface area contributed by atoms with Crippen LogP contribution in [0.4, 0.5) is 11.4 Å². The maximum absolute atomic E-state index is 10.7. The van der Waals surface area contributed by atoms with E-state index < -0.39 is 4.92 Å². The summed E-state index contributed by atoms with van der Waals surface area (Å²) in [6.07, 6.45) is 0.839. The van der Waals surface area contributed by atoms with Crippen molar-refractivity contribution in [1.29, 1.82) is 0 Å². The lowest BCUT2D eigenvalue weighted by molar-refractivity contribution is -0.384. The van der Waals surface area contributed by atoms with E-state index in [2.05, 4.69) is 5.32 Å². The number of rotatable bonds is 9. The number of aryl methyl sites for hydroxylation is 1. The fourth-order valence-corrected chi connectivity index (χ4v) is 1.56. The topological polar surface area (TPSA) is 73.6 Å². The molecule has 0 radical (unpaired) electrons. The highest BCUT2D eigenvalue weighted by atomic mass is 16.6. The summed E-state index contributed by atoms with van der Waals surface area (Å²) >= 11 is 0. The van der Waals surface area contributed by atoms with Gasteiger partial charge in [-0.25, -0.2) is 0 Å². The smallest absolute Gasteiger partial charge is 0.271 e. The van der Waals surface area contributed by atoms with E-state index in [9.17, 15) is 10.1 Å². The minimum Gasteiger partial charge on any atom is -0.385 e. The molecule has 19 heavy (non-hydrogen) atoms. The third kappa shape index (κ3) is 5.67. The number of anilines is 1. The van der Waals surface area contributed by atoms with Crippen LogP contribution in [0.3, 0.4) is 0 Å². The monoisotopic (exact) mass is 268 g/mol. The number of nitrogens with zero attached hydrogens (tertiary/aromatic N) is 1. The SMILES string of the molecule is COCCOCCCNc1cc([N+](=O)[O-])ccc1C. The van der Waals surface area contributed by atoms with Gasteiger partial charge in [-0.15, -0.1) is 0 Å². The molecule has 1 aromatic rings. The third-order valence-corrected chi connectivity index (χ3v) is 2.64. The van der Waals surface area contributed by atoms with Crippen molar-refractivity contribution < 1.29 is 14.4 Å². The Morgan fingerprint density at radius 2 is 2.11 bits per heavy atom. The summed E-state index contributed by atoms with van der Waals surface area (Å²) in [5, 5.41) is 13.9. The number of benzene rings is 1. The van der Waals surface area contributed by atoms with Gasteiger partial charge in [-0.2, -0.15) is 0 Å². The molecular weight excluding hydrogens is 248 g/mol. The molecule has 1 rings (SSSR count). The van der Waals surface area contributed by atoms with Crippen LogP contribution in [0.1, 0.15) is 12.0 Å². The van der Waals surface area contributed by atoms with Gasteiger partial charge in [0.25, 0.3) is 5.69 Å². The Morgan fingerprint density at radius 1 is 1.32 bits per heavy atom. The van der Waals surface area contributed by atoms with E-state index in [-0.39, 0.29) is 5.69 Å². The Balaban J connectivity index is 2.32. The standard InChI is InChI=1S/C13H20N2O4/c1-11-4-5-12(15(16)17)10-13(11)14-6-3-7-19-9-8-18-2/h4-5,10,14H,3,6-9H2,1-2H3. The number of hydrogen-bond donors (Lipinski definition) is 1. The molecular formula is C13H20N2O4. The van der Waals surface area contributed by atoms with Crippen LogP contribution in [0.2, 0.25) is 0 Å². The molecule has 1 aromatic carbocycles. The molecule has 6 heteroatoms. The third-order valence-electron chi connectivity index (χ3n) is 2.64.